The molecular formula is C34H41N6O11P. The maximum Gasteiger partial charge on any atom is 0.524 e. The standard InChI is InChI=1S/C34H41N6O11P/c1-2-3-8-26-38-31-32(39(26)20-22-6-4-7-25(33(22)45)51-52(46,47)48)23-19-21(11-12-24(23)37-34(31)35)15-17-49-18-16-36-27(41)9-5-10-30(44)50-40-28(42)13-14-29(40)43/h4,6-7,11-12,19,45H,2-3,5,8-10,13-18,20H2,1H3,(H2,35,37)(H,36,41)(H2,46,47,48). The molecule has 0 atom stereocenters. The van der Waals surface area contributed by atoms with E-state index in [-0.39, 0.29) is 69.3 Å². The second kappa shape index (κ2) is 17.0. The molecule has 0 bridgehead atoms. The van der Waals surface area contributed by atoms with Gasteiger partial charge in [-0.15, -0.1) is 5.06 Å². The maximum atomic E-state index is 12.2. The monoisotopic (exact) mass is 740 g/mol. The Kier molecular flexibility index (Phi) is 12.4. The van der Waals surface area contributed by atoms with E-state index in [4.69, 9.17) is 24.8 Å². The molecule has 2 aromatic carbocycles. The van der Waals surface area contributed by atoms with Gasteiger partial charge in [0.25, 0.3) is 11.8 Å². The Labute approximate surface area is 298 Å². The summed E-state index contributed by atoms with van der Waals surface area (Å²) in [5, 5.41) is 14.9. The molecule has 3 heterocycles. The molecular weight excluding hydrogens is 699 g/mol. The van der Waals surface area contributed by atoms with Gasteiger partial charge in [0.05, 0.1) is 30.8 Å². The molecule has 5 rings (SSSR count). The number of hydrogen-bond acceptors (Lipinski definition) is 12. The largest absolute Gasteiger partial charge is 0.524 e. The number of phosphoric acid groups is 1. The fourth-order valence-corrected chi connectivity index (χ4v) is 6.17. The van der Waals surface area contributed by atoms with Gasteiger partial charge in [0, 0.05) is 49.6 Å². The Hall–Kier alpha value is -5.09. The van der Waals surface area contributed by atoms with Crippen LogP contribution < -0.4 is 15.6 Å². The number of pyridine rings is 1. The van der Waals surface area contributed by atoms with E-state index in [2.05, 4.69) is 17.2 Å². The van der Waals surface area contributed by atoms with Crippen molar-refractivity contribution in [3.63, 3.8) is 0 Å². The van der Waals surface area contributed by atoms with Crippen LogP contribution in [0, 0.1) is 0 Å². The summed E-state index contributed by atoms with van der Waals surface area (Å²) in [5.41, 5.74) is 9.51. The van der Waals surface area contributed by atoms with Crippen LogP contribution in [0.3, 0.4) is 0 Å². The molecule has 0 unspecified atom stereocenters. The number of aromatic nitrogens is 3. The van der Waals surface area contributed by atoms with Crippen LogP contribution >= 0.6 is 7.82 Å². The summed E-state index contributed by atoms with van der Waals surface area (Å²) < 4.78 is 23.9. The van der Waals surface area contributed by atoms with E-state index in [1.807, 2.05) is 22.8 Å². The first-order chi connectivity index (χ1) is 24.8. The third-order valence-corrected chi connectivity index (χ3v) is 8.75. The lowest BCUT2D eigenvalue weighted by Gasteiger charge is -2.15. The lowest BCUT2D eigenvalue weighted by atomic mass is 10.1. The number of phenols is 1. The van der Waals surface area contributed by atoms with E-state index in [0.717, 1.165) is 23.8 Å². The van der Waals surface area contributed by atoms with Gasteiger partial charge in [-0.2, -0.15) is 0 Å². The molecule has 0 saturated carbocycles. The van der Waals surface area contributed by atoms with Crippen molar-refractivity contribution < 1.29 is 52.7 Å². The molecule has 0 radical (unpaired) electrons. The van der Waals surface area contributed by atoms with Crippen LogP contribution in [0.5, 0.6) is 11.5 Å². The molecule has 278 valence electrons. The van der Waals surface area contributed by atoms with Crippen molar-refractivity contribution in [1.82, 2.24) is 24.9 Å². The first-order valence-electron chi connectivity index (χ1n) is 16.9. The van der Waals surface area contributed by atoms with Crippen LogP contribution in [0.1, 0.15) is 68.8 Å². The molecule has 1 aliphatic rings. The predicted molar refractivity (Wildman–Crippen MR) is 187 cm³/mol. The van der Waals surface area contributed by atoms with Crippen molar-refractivity contribution in [2.75, 3.05) is 25.5 Å². The molecule has 0 aliphatic carbocycles. The number of hydrogen-bond donors (Lipinski definition) is 5. The zero-order chi connectivity index (χ0) is 37.4. The van der Waals surface area contributed by atoms with Gasteiger partial charge in [-0.25, -0.2) is 19.3 Å². The number of nitrogens with one attached hydrogen (secondary N) is 1. The first kappa shape index (κ1) is 38.1. The molecule has 3 amide bonds. The number of imide groups is 1. The molecule has 1 saturated heterocycles. The average Bonchev–Trinajstić information content (AvgIpc) is 3.61. The second-order valence-corrected chi connectivity index (χ2v) is 13.4. The lowest BCUT2D eigenvalue weighted by molar-refractivity contribution is -0.197. The van der Waals surface area contributed by atoms with Gasteiger partial charge in [-0.1, -0.05) is 31.5 Å². The van der Waals surface area contributed by atoms with Crippen molar-refractivity contribution in [3.05, 3.63) is 53.3 Å². The summed E-state index contributed by atoms with van der Waals surface area (Å²) in [6.45, 7) is 3.04. The quantitative estimate of drug-likeness (QED) is 0.0559. The van der Waals surface area contributed by atoms with Crippen LogP contribution in [0.4, 0.5) is 5.82 Å². The zero-order valence-electron chi connectivity index (χ0n) is 28.6. The highest BCUT2D eigenvalue weighted by Crippen LogP contribution is 2.43. The van der Waals surface area contributed by atoms with E-state index < -0.39 is 31.4 Å². The maximum absolute atomic E-state index is 12.2. The summed E-state index contributed by atoms with van der Waals surface area (Å²) in [4.78, 5) is 80.0. The van der Waals surface area contributed by atoms with Crippen molar-refractivity contribution in [2.24, 2.45) is 0 Å². The Morgan fingerprint density at radius 1 is 1.02 bits per heavy atom. The van der Waals surface area contributed by atoms with E-state index >= 15 is 0 Å². The number of aromatic hydroxyl groups is 1. The Morgan fingerprint density at radius 2 is 1.79 bits per heavy atom. The smallest absolute Gasteiger partial charge is 0.504 e. The number of phosphoric ester groups is 1. The van der Waals surface area contributed by atoms with Gasteiger partial charge in [0.2, 0.25) is 5.91 Å². The summed E-state index contributed by atoms with van der Waals surface area (Å²) in [5.74, 6) is -1.93. The number of fused-ring (bicyclic) bond motifs is 3. The van der Waals surface area contributed by atoms with Crippen LogP contribution in [0.25, 0.3) is 21.9 Å². The normalized spacial score (nSPS) is 13.3. The highest BCUT2D eigenvalue weighted by molar-refractivity contribution is 7.46. The van der Waals surface area contributed by atoms with Crippen LogP contribution in [0.15, 0.2) is 36.4 Å². The third kappa shape index (κ3) is 9.61. The number of nitrogens with two attached hydrogens (primary N) is 1. The van der Waals surface area contributed by atoms with Crippen LogP contribution in [-0.2, 0) is 52.7 Å². The van der Waals surface area contributed by atoms with Gasteiger partial charge in [0.1, 0.15) is 11.3 Å². The molecule has 1 aliphatic heterocycles. The molecule has 2 aromatic heterocycles. The summed E-state index contributed by atoms with van der Waals surface area (Å²) in [6, 6.07) is 10.2. The lowest BCUT2D eigenvalue weighted by Crippen LogP contribution is -2.32. The number of imidazole rings is 1. The number of hydroxylamine groups is 2. The second-order valence-electron chi connectivity index (χ2n) is 12.2. The fraction of sp³-hybridized carbons (Fsp3) is 0.412. The van der Waals surface area contributed by atoms with Gasteiger partial charge in [0.15, 0.2) is 17.3 Å². The highest BCUT2D eigenvalue weighted by atomic mass is 31.2. The van der Waals surface area contributed by atoms with Gasteiger partial charge >= 0.3 is 13.8 Å². The van der Waals surface area contributed by atoms with Crippen LogP contribution in [0.2, 0.25) is 0 Å². The predicted octanol–water partition coefficient (Wildman–Crippen LogP) is 3.19. The average molecular weight is 741 g/mol. The number of nitrogen functional groups attached to an aromatic ring is 1. The van der Waals surface area contributed by atoms with E-state index in [0.29, 0.717) is 52.4 Å². The minimum absolute atomic E-state index is 0.00999. The Bertz CT molecular complexity index is 2010. The Balaban J connectivity index is 1.20. The van der Waals surface area contributed by atoms with Gasteiger partial charge < -0.3 is 34.8 Å². The molecule has 4 aromatic rings. The number of aryl methyl sites for hydroxylation is 1. The van der Waals surface area contributed by atoms with Gasteiger partial charge in [-0.3, -0.25) is 24.2 Å². The first-order valence-corrected chi connectivity index (χ1v) is 18.4. The summed E-state index contributed by atoms with van der Waals surface area (Å²) in [7, 11) is -4.91. The number of unbranched alkanes of at least 4 members (excludes halogenated alkanes) is 1. The van der Waals surface area contributed by atoms with E-state index in [1.165, 1.54) is 12.1 Å². The number of rotatable bonds is 18. The number of carbonyl (C=O) groups is 4. The van der Waals surface area contributed by atoms with Crippen molar-refractivity contribution in [2.45, 2.75) is 71.3 Å². The van der Waals surface area contributed by atoms with Crippen molar-refractivity contribution in [1.29, 1.82) is 0 Å². The molecule has 18 heteroatoms. The number of benzene rings is 2. The minimum atomic E-state index is -4.91. The SMILES string of the molecule is CCCCc1nc2c(N)nc3ccc(CCOCCNC(=O)CCCC(=O)ON4C(=O)CCC4=O)cc3c2n1Cc1cccc(OP(=O)(O)O)c1O. The third-order valence-electron chi connectivity index (χ3n) is 8.32. The molecule has 1 fully saturated rings. The van der Waals surface area contributed by atoms with E-state index in [1.54, 1.807) is 6.07 Å². The number of carbonyl (C=O) groups excluding carboxylic acids is 4. The summed E-state index contributed by atoms with van der Waals surface area (Å²) in [6.07, 6.45) is 3.05. The number of ether oxygens (including phenoxy) is 1. The zero-order valence-corrected chi connectivity index (χ0v) is 29.5. The number of anilines is 1. The molecule has 17 nitrogen and oxygen atoms in total. The number of nitrogens with zero attached hydrogens (tertiary/aromatic N) is 4. The molecule has 52 heavy (non-hydrogen) atoms. The topological polar surface area (TPSA) is 246 Å². The van der Waals surface area contributed by atoms with Crippen molar-refractivity contribution in [3.8, 4) is 11.5 Å². The fourth-order valence-electron chi connectivity index (χ4n) is 5.76. The number of phenolic OH excluding ortho intramolecular Hbond substituents is 1. The van der Waals surface area contributed by atoms with Gasteiger partial charge in [-0.05, 0) is 43.0 Å². The number of amides is 3. The molecule has 6 N–H and O–H groups in total. The Morgan fingerprint density at radius 3 is 2.52 bits per heavy atom. The highest BCUT2D eigenvalue weighted by Gasteiger charge is 2.32. The molecule has 0 spiro atoms. The van der Waals surface area contributed by atoms with Crippen LogP contribution in [-0.4, -0.2) is 77.9 Å². The minimum Gasteiger partial charge on any atom is -0.504 e. The summed E-state index contributed by atoms with van der Waals surface area (Å²) >= 11 is 0. The van der Waals surface area contributed by atoms with Crippen molar-refractivity contribution >= 4 is 59.3 Å². The number of para-hydroxylation sites is 1. The van der Waals surface area contributed by atoms with E-state index in [9.17, 15) is 38.6 Å².